The Labute approximate surface area is 64.0 Å². The molecule has 1 aromatic heterocycles. The van der Waals surface area contributed by atoms with E-state index in [2.05, 4.69) is 10.1 Å². The molecule has 0 saturated carbocycles. The SMILES string of the molecule is N#Cc1cccc(CN=N)n1. The van der Waals surface area contributed by atoms with E-state index in [-0.39, 0.29) is 6.54 Å². The Morgan fingerprint density at radius 2 is 2.45 bits per heavy atom. The topological polar surface area (TPSA) is 72.9 Å². The van der Waals surface area contributed by atoms with Gasteiger partial charge in [0.05, 0.1) is 5.69 Å². The number of hydrogen-bond donors (Lipinski definition) is 1. The van der Waals surface area contributed by atoms with Crippen molar-refractivity contribution in [1.29, 1.82) is 10.8 Å². The van der Waals surface area contributed by atoms with Crippen LogP contribution < -0.4 is 0 Å². The first-order valence-electron chi connectivity index (χ1n) is 3.06. The van der Waals surface area contributed by atoms with Crippen LogP contribution in [0.3, 0.4) is 0 Å². The molecule has 11 heavy (non-hydrogen) atoms. The summed E-state index contributed by atoms with van der Waals surface area (Å²) in [6.45, 7) is 0.246. The van der Waals surface area contributed by atoms with Gasteiger partial charge in [-0.1, -0.05) is 6.07 Å². The highest BCUT2D eigenvalue weighted by Crippen LogP contribution is 1.98. The van der Waals surface area contributed by atoms with Crippen LogP contribution in [0.15, 0.2) is 23.3 Å². The van der Waals surface area contributed by atoms with E-state index in [1.165, 1.54) is 0 Å². The van der Waals surface area contributed by atoms with Gasteiger partial charge in [-0.3, -0.25) is 0 Å². The summed E-state index contributed by atoms with van der Waals surface area (Å²) in [4.78, 5) is 3.91. The highest BCUT2D eigenvalue weighted by molar-refractivity contribution is 5.21. The highest BCUT2D eigenvalue weighted by Gasteiger charge is 1.93. The van der Waals surface area contributed by atoms with E-state index in [1.807, 2.05) is 6.07 Å². The van der Waals surface area contributed by atoms with E-state index in [4.69, 9.17) is 10.8 Å². The van der Waals surface area contributed by atoms with Gasteiger partial charge in [-0.2, -0.15) is 10.4 Å². The molecule has 0 bridgehead atoms. The number of aromatic nitrogens is 1. The average molecular weight is 146 g/mol. The van der Waals surface area contributed by atoms with Crippen LogP contribution in [0, 0.1) is 16.9 Å². The minimum absolute atomic E-state index is 0.246. The van der Waals surface area contributed by atoms with Gasteiger partial charge in [0.2, 0.25) is 0 Å². The molecule has 0 fully saturated rings. The Kier molecular flexibility index (Phi) is 2.28. The summed E-state index contributed by atoms with van der Waals surface area (Å²) in [6, 6.07) is 6.99. The molecular formula is C7H6N4. The van der Waals surface area contributed by atoms with Gasteiger partial charge < -0.3 is 0 Å². The molecule has 0 radical (unpaired) electrons. The van der Waals surface area contributed by atoms with Crippen LogP contribution in [-0.2, 0) is 6.54 Å². The van der Waals surface area contributed by atoms with Crippen LogP contribution >= 0.6 is 0 Å². The lowest BCUT2D eigenvalue weighted by Gasteiger charge is -1.92. The molecule has 0 aliphatic heterocycles. The van der Waals surface area contributed by atoms with E-state index in [0.29, 0.717) is 11.4 Å². The molecule has 1 N–H and O–H groups in total. The molecule has 0 unspecified atom stereocenters. The first kappa shape index (κ1) is 7.35. The monoisotopic (exact) mass is 146 g/mol. The Morgan fingerprint density at radius 3 is 3.09 bits per heavy atom. The number of hydrogen-bond acceptors (Lipinski definition) is 4. The van der Waals surface area contributed by atoms with Gasteiger partial charge in [0.1, 0.15) is 18.3 Å². The zero-order chi connectivity index (χ0) is 8.10. The number of pyridine rings is 1. The Morgan fingerprint density at radius 1 is 1.64 bits per heavy atom. The Hall–Kier alpha value is -1.76. The van der Waals surface area contributed by atoms with E-state index in [0.717, 1.165) is 0 Å². The predicted molar refractivity (Wildman–Crippen MR) is 37.8 cm³/mol. The summed E-state index contributed by atoms with van der Waals surface area (Å²) in [7, 11) is 0. The summed E-state index contributed by atoms with van der Waals surface area (Å²) in [6.07, 6.45) is 0. The lowest BCUT2D eigenvalue weighted by Crippen LogP contribution is -1.89. The van der Waals surface area contributed by atoms with Gasteiger partial charge in [-0.05, 0) is 12.1 Å². The molecule has 0 amide bonds. The van der Waals surface area contributed by atoms with Crippen LogP contribution in [-0.4, -0.2) is 4.98 Å². The largest absolute Gasteiger partial charge is 0.240 e. The van der Waals surface area contributed by atoms with Gasteiger partial charge in [0, 0.05) is 0 Å². The van der Waals surface area contributed by atoms with E-state index in [1.54, 1.807) is 18.2 Å². The molecule has 0 aliphatic rings. The zero-order valence-corrected chi connectivity index (χ0v) is 5.78. The highest BCUT2D eigenvalue weighted by atomic mass is 15.0. The van der Waals surface area contributed by atoms with Crippen molar-refractivity contribution in [1.82, 2.24) is 4.98 Å². The molecule has 0 spiro atoms. The smallest absolute Gasteiger partial charge is 0.140 e. The zero-order valence-electron chi connectivity index (χ0n) is 5.78. The van der Waals surface area contributed by atoms with Crippen LogP contribution in [0.4, 0.5) is 0 Å². The number of rotatable bonds is 2. The van der Waals surface area contributed by atoms with Gasteiger partial charge >= 0.3 is 0 Å². The van der Waals surface area contributed by atoms with Crippen LogP contribution in [0.5, 0.6) is 0 Å². The van der Waals surface area contributed by atoms with Gasteiger partial charge in [-0.25, -0.2) is 10.5 Å². The third-order valence-corrected chi connectivity index (χ3v) is 1.16. The maximum Gasteiger partial charge on any atom is 0.140 e. The van der Waals surface area contributed by atoms with Crippen molar-refractivity contribution in [2.24, 2.45) is 5.11 Å². The van der Waals surface area contributed by atoms with Crippen LogP contribution in [0.2, 0.25) is 0 Å². The van der Waals surface area contributed by atoms with Crippen molar-refractivity contribution < 1.29 is 0 Å². The molecule has 54 valence electrons. The van der Waals surface area contributed by atoms with Crippen molar-refractivity contribution in [3.8, 4) is 6.07 Å². The molecule has 0 aromatic carbocycles. The summed E-state index contributed by atoms with van der Waals surface area (Å²) in [5.41, 5.74) is 7.59. The summed E-state index contributed by atoms with van der Waals surface area (Å²) < 4.78 is 0. The van der Waals surface area contributed by atoms with Crippen LogP contribution in [0.1, 0.15) is 11.4 Å². The van der Waals surface area contributed by atoms with Crippen molar-refractivity contribution >= 4 is 0 Å². The van der Waals surface area contributed by atoms with E-state index >= 15 is 0 Å². The quantitative estimate of drug-likeness (QED) is 0.642. The molecule has 0 saturated heterocycles. The maximum absolute atomic E-state index is 8.44. The van der Waals surface area contributed by atoms with Gasteiger partial charge in [0.15, 0.2) is 0 Å². The third-order valence-electron chi connectivity index (χ3n) is 1.16. The fraction of sp³-hybridized carbons (Fsp3) is 0.143. The molecule has 1 heterocycles. The minimum atomic E-state index is 0.246. The minimum Gasteiger partial charge on any atom is -0.240 e. The van der Waals surface area contributed by atoms with Crippen molar-refractivity contribution in [2.75, 3.05) is 0 Å². The lowest BCUT2D eigenvalue weighted by molar-refractivity contribution is 0.871. The standard InChI is InChI=1S/C7H6N4/c8-4-6-2-1-3-7(11-6)5-10-9/h1-3,9H,5H2. The lowest BCUT2D eigenvalue weighted by atomic mass is 10.3. The first-order valence-corrected chi connectivity index (χ1v) is 3.06. The molecule has 1 aromatic rings. The molecule has 4 nitrogen and oxygen atoms in total. The molecule has 0 atom stereocenters. The second kappa shape index (κ2) is 3.42. The third kappa shape index (κ3) is 1.83. The Balaban J connectivity index is 2.93. The molecule has 4 heteroatoms. The second-order valence-corrected chi connectivity index (χ2v) is 1.94. The van der Waals surface area contributed by atoms with Crippen molar-refractivity contribution in [3.05, 3.63) is 29.6 Å². The number of nitrogens with one attached hydrogen (secondary N) is 1. The molecular weight excluding hydrogens is 140 g/mol. The predicted octanol–water partition coefficient (Wildman–Crippen LogP) is 1.48. The average Bonchev–Trinajstić information content (AvgIpc) is 2.06. The number of nitrogens with zero attached hydrogens (tertiary/aromatic N) is 3. The van der Waals surface area contributed by atoms with E-state index < -0.39 is 0 Å². The normalized spacial score (nSPS) is 8.64. The first-order chi connectivity index (χ1) is 5.36. The molecule has 1 rings (SSSR count). The van der Waals surface area contributed by atoms with Gasteiger partial charge in [0.25, 0.3) is 0 Å². The maximum atomic E-state index is 8.44. The summed E-state index contributed by atoms with van der Waals surface area (Å²) in [5.74, 6) is 0. The van der Waals surface area contributed by atoms with Gasteiger partial charge in [-0.15, -0.1) is 0 Å². The van der Waals surface area contributed by atoms with E-state index in [9.17, 15) is 0 Å². The number of nitriles is 1. The fourth-order valence-corrected chi connectivity index (χ4v) is 0.711. The summed E-state index contributed by atoms with van der Waals surface area (Å²) >= 11 is 0. The molecule has 0 aliphatic carbocycles. The van der Waals surface area contributed by atoms with Crippen LogP contribution in [0.25, 0.3) is 0 Å². The Bertz CT molecular complexity index is 300. The van der Waals surface area contributed by atoms with Crippen molar-refractivity contribution in [2.45, 2.75) is 6.54 Å². The fourth-order valence-electron chi connectivity index (χ4n) is 0.711. The second-order valence-electron chi connectivity index (χ2n) is 1.94. The summed E-state index contributed by atoms with van der Waals surface area (Å²) in [5, 5.41) is 11.6. The van der Waals surface area contributed by atoms with Crippen molar-refractivity contribution in [3.63, 3.8) is 0 Å².